The largest absolute Gasteiger partial charge is 0.483 e. The van der Waals surface area contributed by atoms with E-state index in [0.29, 0.717) is 5.92 Å². The molecule has 0 bridgehead atoms. The zero-order chi connectivity index (χ0) is 8.69. The van der Waals surface area contributed by atoms with Crippen LogP contribution in [-0.2, 0) is 4.79 Å². The van der Waals surface area contributed by atoms with E-state index >= 15 is 0 Å². The van der Waals surface area contributed by atoms with Crippen molar-refractivity contribution >= 4 is 6.47 Å². The van der Waals surface area contributed by atoms with E-state index in [4.69, 9.17) is 9.90 Å². The molecule has 2 unspecified atom stereocenters. The minimum absolute atomic E-state index is 0.250. The Balaban J connectivity index is 0.000000292. The van der Waals surface area contributed by atoms with Crippen molar-refractivity contribution in [1.29, 1.82) is 0 Å². The zero-order valence-electron chi connectivity index (χ0n) is 6.79. The second kappa shape index (κ2) is 6.13. The normalized spacial score (nSPS) is 28.9. The van der Waals surface area contributed by atoms with Crippen molar-refractivity contribution in [2.45, 2.75) is 38.8 Å². The van der Waals surface area contributed by atoms with Crippen LogP contribution in [-0.4, -0.2) is 17.8 Å². The molecule has 0 aromatic heterocycles. The van der Waals surface area contributed by atoms with Gasteiger partial charge in [0, 0.05) is 0 Å². The summed E-state index contributed by atoms with van der Waals surface area (Å²) in [5.41, 5.74) is 0. The van der Waals surface area contributed by atoms with E-state index in [2.05, 4.69) is 6.92 Å². The maximum Gasteiger partial charge on any atom is 0.290 e. The minimum atomic E-state index is -0.472. The molecule has 0 heterocycles. The Morgan fingerprint density at radius 1 is 1.64 bits per heavy atom. The summed E-state index contributed by atoms with van der Waals surface area (Å²) in [5, 5.41) is 6.89. The molecule has 1 N–H and O–H groups in total. The minimum Gasteiger partial charge on any atom is -0.483 e. The van der Waals surface area contributed by atoms with Gasteiger partial charge in [-0.25, -0.2) is 4.39 Å². The van der Waals surface area contributed by atoms with Crippen LogP contribution in [0.5, 0.6) is 0 Å². The Hall–Kier alpha value is -0.600. The summed E-state index contributed by atoms with van der Waals surface area (Å²) in [5.74, 6) is 0.699. The van der Waals surface area contributed by atoms with Crippen LogP contribution in [0.2, 0.25) is 0 Å². The number of alkyl halides is 1. The fourth-order valence-electron chi connectivity index (χ4n) is 1.38. The van der Waals surface area contributed by atoms with Crippen molar-refractivity contribution in [3.63, 3.8) is 0 Å². The Labute approximate surface area is 66.4 Å². The van der Waals surface area contributed by atoms with Gasteiger partial charge in [-0.1, -0.05) is 13.3 Å². The lowest BCUT2D eigenvalue weighted by molar-refractivity contribution is -0.122. The fourth-order valence-corrected chi connectivity index (χ4v) is 1.38. The van der Waals surface area contributed by atoms with E-state index in [-0.39, 0.29) is 6.47 Å². The molecule has 1 fully saturated rings. The number of carbonyl (C=O) groups is 1. The van der Waals surface area contributed by atoms with Gasteiger partial charge >= 0.3 is 0 Å². The summed E-state index contributed by atoms with van der Waals surface area (Å²) in [6, 6.07) is 0. The molecule has 0 aliphatic heterocycles. The summed E-state index contributed by atoms with van der Waals surface area (Å²) in [4.78, 5) is 8.36. The number of hydrogen-bond acceptors (Lipinski definition) is 1. The molecule has 0 radical (unpaired) electrons. The highest BCUT2D eigenvalue weighted by Crippen LogP contribution is 2.29. The van der Waals surface area contributed by atoms with Crippen molar-refractivity contribution in [3.05, 3.63) is 0 Å². The first-order valence-electron chi connectivity index (χ1n) is 3.96. The lowest BCUT2D eigenvalue weighted by atomic mass is 10.1. The van der Waals surface area contributed by atoms with Crippen LogP contribution in [0.25, 0.3) is 0 Å². The molecular weight excluding hydrogens is 147 g/mol. The molecule has 0 aromatic rings. The summed E-state index contributed by atoms with van der Waals surface area (Å²) in [6.07, 6.45) is 3.47. The second-order valence-electron chi connectivity index (χ2n) is 2.79. The van der Waals surface area contributed by atoms with Gasteiger partial charge in [0.05, 0.1) is 0 Å². The summed E-state index contributed by atoms with van der Waals surface area (Å²) >= 11 is 0. The van der Waals surface area contributed by atoms with Crippen molar-refractivity contribution < 1.29 is 14.3 Å². The Morgan fingerprint density at radius 2 is 2.18 bits per heavy atom. The molecule has 2 atom stereocenters. The molecule has 66 valence electrons. The molecule has 1 aliphatic rings. The van der Waals surface area contributed by atoms with Gasteiger partial charge < -0.3 is 5.11 Å². The molecule has 3 heteroatoms. The van der Waals surface area contributed by atoms with E-state index in [1.807, 2.05) is 0 Å². The third kappa shape index (κ3) is 4.76. The molecule has 2 nitrogen and oxygen atoms in total. The van der Waals surface area contributed by atoms with Crippen molar-refractivity contribution in [2.24, 2.45) is 5.92 Å². The van der Waals surface area contributed by atoms with Crippen molar-refractivity contribution in [2.75, 3.05) is 0 Å². The second-order valence-corrected chi connectivity index (χ2v) is 2.79. The summed E-state index contributed by atoms with van der Waals surface area (Å²) < 4.78 is 12.4. The maximum atomic E-state index is 12.4. The number of rotatable bonds is 1. The highest BCUT2D eigenvalue weighted by Gasteiger charge is 2.21. The number of halogens is 1. The molecule has 1 aliphatic carbocycles. The van der Waals surface area contributed by atoms with Gasteiger partial charge in [0.2, 0.25) is 0 Å². The van der Waals surface area contributed by atoms with Gasteiger partial charge in [-0.2, -0.15) is 0 Å². The molecule has 0 aromatic carbocycles. The first-order chi connectivity index (χ1) is 5.24. The lowest BCUT2D eigenvalue weighted by Gasteiger charge is -2.00. The Morgan fingerprint density at radius 3 is 2.36 bits per heavy atom. The van der Waals surface area contributed by atoms with Crippen LogP contribution in [0.1, 0.15) is 32.6 Å². The van der Waals surface area contributed by atoms with Gasteiger partial charge in [0.25, 0.3) is 6.47 Å². The average Bonchev–Trinajstić information content (AvgIpc) is 2.37. The smallest absolute Gasteiger partial charge is 0.290 e. The third-order valence-electron chi connectivity index (χ3n) is 2.05. The van der Waals surface area contributed by atoms with Crippen LogP contribution in [0.3, 0.4) is 0 Å². The Bertz CT molecular complexity index is 106. The van der Waals surface area contributed by atoms with Crippen LogP contribution in [0.15, 0.2) is 0 Å². The van der Waals surface area contributed by atoms with E-state index in [9.17, 15) is 4.39 Å². The van der Waals surface area contributed by atoms with E-state index < -0.39 is 6.17 Å². The quantitative estimate of drug-likeness (QED) is 0.600. The summed E-state index contributed by atoms with van der Waals surface area (Å²) in [6.45, 7) is 1.89. The first kappa shape index (κ1) is 10.4. The number of hydrogen-bond donors (Lipinski definition) is 1. The predicted octanol–water partition coefficient (Wildman–Crippen LogP) is 2.24. The van der Waals surface area contributed by atoms with E-state index in [0.717, 1.165) is 19.3 Å². The molecule has 11 heavy (non-hydrogen) atoms. The first-order valence-corrected chi connectivity index (χ1v) is 3.96. The highest BCUT2D eigenvalue weighted by atomic mass is 19.1. The van der Waals surface area contributed by atoms with Gasteiger partial charge in [-0.15, -0.1) is 0 Å². The highest BCUT2D eigenvalue weighted by molar-refractivity contribution is 5.32. The number of carboxylic acid groups (broad SMARTS) is 1. The van der Waals surface area contributed by atoms with Crippen LogP contribution in [0.4, 0.5) is 4.39 Å². The standard InChI is InChI=1S/C7H13F.CH2O2/c1-2-6-3-4-7(8)5-6;2-1-3/h6-7H,2-5H2,1H3;1H,(H,2,3). The molecule has 1 rings (SSSR count). The summed E-state index contributed by atoms with van der Waals surface area (Å²) in [7, 11) is 0. The molecule has 0 spiro atoms. The topological polar surface area (TPSA) is 37.3 Å². The SMILES string of the molecule is CCC1CCC(F)C1.O=CO. The monoisotopic (exact) mass is 162 g/mol. The van der Waals surface area contributed by atoms with Crippen molar-refractivity contribution in [1.82, 2.24) is 0 Å². The third-order valence-corrected chi connectivity index (χ3v) is 2.05. The molecule has 0 saturated heterocycles. The molecule has 0 amide bonds. The van der Waals surface area contributed by atoms with Gasteiger partial charge in [-0.05, 0) is 25.2 Å². The van der Waals surface area contributed by atoms with Crippen LogP contribution < -0.4 is 0 Å². The molecular formula is C8H15FO2. The maximum absolute atomic E-state index is 12.4. The van der Waals surface area contributed by atoms with Crippen LogP contribution >= 0.6 is 0 Å². The fraction of sp³-hybridized carbons (Fsp3) is 0.875. The van der Waals surface area contributed by atoms with E-state index in [1.54, 1.807) is 0 Å². The van der Waals surface area contributed by atoms with E-state index in [1.165, 1.54) is 6.42 Å². The molecule has 1 saturated carbocycles. The van der Waals surface area contributed by atoms with Gasteiger partial charge in [0.15, 0.2) is 0 Å². The average molecular weight is 162 g/mol. The van der Waals surface area contributed by atoms with Crippen LogP contribution in [0, 0.1) is 5.92 Å². The van der Waals surface area contributed by atoms with Gasteiger partial charge in [0.1, 0.15) is 6.17 Å². The Kier molecular flexibility index (Phi) is 5.80. The van der Waals surface area contributed by atoms with Gasteiger partial charge in [-0.3, -0.25) is 4.79 Å². The van der Waals surface area contributed by atoms with Crippen molar-refractivity contribution in [3.8, 4) is 0 Å². The zero-order valence-corrected chi connectivity index (χ0v) is 6.79. The lowest BCUT2D eigenvalue weighted by Crippen LogP contribution is -1.92. The predicted molar refractivity (Wildman–Crippen MR) is 41.2 cm³/mol.